The number of hydrogen-bond donors (Lipinski definition) is 2. The Hall–Kier alpha value is -1.66. The third-order valence-corrected chi connectivity index (χ3v) is 3.44. The minimum Gasteiger partial charge on any atom is -0.409 e. The van der Waals surface area contributed by atoms with Gasteiger partial charge in [-0.25, -0.2) is 4.39 Å². The fourth-order valence-corrected chi connectivity index (χ4v) is 2.38. The van der Waals surface area contributed by atoms with Crippen molar-refractivity contribution in [3.05, 3.63) is 35.1 Å². The van der Waals surface area contributed by atoms with Gasteiger partial charge in [-0.1, -0.05) is 17.3 Å². The summed E-state index contributed by atoms with van der Waals surface area (Å²) < 4.78 is 19.5. The molecule has 1 aliphatic rings. The summed E-state index contributed by atoms with van der Waals surface area (Å²) in [5, 5.41) is 11.4. The van der Waals surface area contributed by atoms with E-state index in [-0.39, 0.29) is 17.8 Å². The molecular formula is C14H20FN3O2. The van der Waals surface area contributed by atoms with Crippen molar-refractivity contribution in [2.24, 2.45) is 10.9 Å². The Balaban J connectivity index is 1.98. The largest absolute Gasteiger partial charge is 0.409 e. The Morgan fingerprint density at radius 2 is 2.40 bits per heavy atom. The van der Waals surface area contributed by atoms with Crippen LogP contribution in [-0.2, 0) is 11.3 Å². The number of nitrogens with two attached hydrogens (primary N) is 1. The van der Waals surface area contributed by atoms with Crippen molar-refractivity contribution in [3.63, 3.8) is 0 Å². The van der Waals surface area contributed by atoms with Gasteiger partial charge in [-0.2, -0.15) is 0 Å². The number of rotatable bonds is 5. The van der Waals surface area contributed by atoms with Gasteiger partial charge in [0.1, 0.15) is 5.82 Å². The van der Waals surface area contributed by atoms with E-state index < -0.39 is 0 Å². The first kappa shape index (κ1) is 14.7. The monoisotopic (exact) mass is 281 g/mol. The zero-order chi connectivity index (χ0) is 14.5. The molecule has 1 heterocycles. The molecule has 1 aromatic rings. The highest BCUT2D eigenvalue weighted by atomic mass is 19.1. The molecule has 1 atom stereocenters. The maximum atomic E-state index is 14.0. The van der Waals surface area contributed by atoms with Crippen LogP contribution in [0.15, 0.2) is 23.4 Å². The molecule has 110 valence electrons. The van der Waals surface area contributed by atoms with Crippen LogP contribution in [0, 0.1) is 5.82 Å². The second kappa shape index (κ2) is 6.67. The van der Waals surface area contributed by atoms with E-state index in [1.807, 2.05) is 11.9 Å². The van der Waals surface area contributed by atoms with Gasteiger partial charge in [-0.05, 0) is 26.0 Å². The lowest BCUT2D eigenvalue weighted by Gasteiger charge is -2.20. The Labute approximate surface area is 117 Å². The Morgan fingerprint density at radius 3 is 3.00 bits per heavy atom. The van der Waals surface area contributed by atoms with Gasteiger partial charge in [-0.3, -0.25) is 4.90 Å². The summed E-state index contributed by atoms with van der Waals surface area (Å²) >= 11 is 0. The van der Waals surface area contributed by atoms with E-state index in [0.29, 0.717) is 17.7 Å². The maximum absolute atomic E-state index is 14.0. The summed E-state index contributed by atoms with van der Waals surface area (Å²) in [4.78, 5) is 2.04. The summed E-state index contributed by atoms with van der Waals surface area (Å²) in [7, 11) is 1.94. The molecule has 0 spiro atoms. The molecule has 1 aromatic carbocycles. The van der Waals surface area contributed by atoms with Crippen LogP contribution in [0.5, 0.6) is 0 Å². The number of likely N-dealkylation sites (N-methyl/N-ethyl adjacent to an activating group) is 1. The predicted molar refractivity (Wildman–Crippen MR) is 74.2 cm³/mol. The first-order chi connectivity index (χ1) is 9.60. The molecule has 1 aliphatic heterocycles. The van der Waals surface area contributed by atoms with Crippen molar-refractivity contribution in [1.82, 2.24) is 4.90 Å². The second-order valence-electron chi connectivity index (χ2n) is 5.12. The first-order valence-corrected chi connectivity index (χ1v) is 6.66. The standard InChI is InChI=1S/C14H20FN3O2/c1-18(9-12-3-2-6-20-12)8-11-5-4-10(7-13(11)15)14(16)17-19/h4-5,7,12,19H,2-3,6,8-9H2,1H3,(H2,16,17). The molecular weight excluding hydrogens is 261 g/mol. The molecule has 1 unspecified atom stereocenters. The summed E-state index contributed by atoms with van der Waals surface area (Å²) in [5.74, 6) is -0.448. The SMILES string of the molecule is CN(Cc1ccc(C(N)=NO)cc1F)CC1CCCO1. The molecule has 1 saturated heterocycles. The topological polar surface area (TPSA) is 71.1 Å². The van der Waals surface area contributed by atoms with Crippen LogP contribution in [0.2, 0.25) is 0 Å². The number of oxime groups is 1. The smallest absolute Gasteiger partial charge is 0.170 e. The number of hydrogen-bond acceptors (Lipinski definition) is 4. The quantitative estimate of drug-likeness (QED) is 0.371. The van der Waals surface area contributed by atoms with Crippen molar-refractivity contribution < 1.29 is 14.3 Å². The van der Waals surface area contributed by atoms with E-state index in [2.05, 4.69) is 5.16 Å². The van der Waals surface area contributed by atoms with Crippen LogP contribution in [0.4, 0.5) is 4.39 Å². The van der Waals surface area contributed by atoms with Gasteiger partial charge >= 0.3 is 0 Å². The summed E-state index contributed by atoms with van der Waals surface area (Å²) in [5.41, 5.74) is 6.38. The number of ether oxygens (including phenoxy) is 1. The van der Waals surface area contributed by atoms with Crippen LogP contribution >= 0.6 is 0 Å². The van der Waals surface area contributed by atoms with E-state index in [9.17, 15) is 4.39 Å². The first-order valence-electron chi connectivity index (χ1n) is 6.66. The van der Waals surface area contributed by atoms with Crippen molar-refractivity contribution in [2.45, 2.75) is 25.5 Å². The highest BCUT2D eigenvalue weighted by Gasteiger charge is 2.18. The minimum absolute atomic E-state index is 0.0943. The molecule has 0 aromatic heterocycles. The number of halogens is 1. The third kappa shape index (κ3) is 3.68. The lowest BCUT2D eigenvalue weighted by molar-refractivity contribution is 0.0790. The molecule has 3 N–H and O–H groups in total. The zero-order valence-corrected chi connectivity index (χ0v) is 11.6. The van der Waals surface area contributed by atoms with E-state index in [0.717, 1.165) is 26.0 Å². The van der Waals surface area contributed by atoms with Gasteiger partial charge < -0.3 is 15.7 Å². The average molecular weight is 281 g/mol. The maximum Gasteiger partial charge on any atom is 0.170 e. The lowest BCUT2D eigenvalue weighted by Crippen LogP contribution is -2.28. The Morgan fingerprint density at radius 1 is 1.60 bits per heavy atom. The minimum atomic E-state index is -0.353. The number of nitrogens with zero attached hydrogens (tertiary/aromatic N) is 2. The van der Waals surface area contributed by atoms with Crippen molar-refractivity contribution in [3.8, 4) is 0 Å². The van der Waals surface area contributed by atoms with E-state index in [4.69, 9.17) is 15.7 Å². The van der Waals surface area contributed by atoms with Crippen molar-refractivity contribution in [1.29, 1.82) is 0 Å². The van der Waals surface area contributed by atoms with Gasteiger partial charge in [0, 0.05) is 30.8 Å². The Bertz CT molecular complexity index is 487. The lowest BCUT2D eigenvalue weighted by atomic mass is 10.1. The fraction of sp³-hybridized carbons (Fsp3) is 0.500. The Kier molecular flexibility index (Phi) is 4.92. The molecule has 1 fully saturated rings. The molecule has 0 radical (unpaired) electrons. The number of amidine groups is 1. The second-order valence-corrected chi connectivity index (χ2v) is 5.12. The van der Waals surface area contributed by atoms with Crippen LogP contribution in [-0.4, -0.2) is 42.2 Å². The molecule has 5 nitrogen and oxygen atoms in total. The predicted octanol–water partition coefficient (Wildman–Crippen LogP) is 1.53. The highest BCUT2D eigenvalue weighted by Crippen LogP contribution is 2.16. The van der Waals surface area contributed by atoms with Crippen LogP contribution < -0.4 is 5.73 Å². The molecule has 0 amide bonds. The molecule has 0 bridgehead atoms. The van der Waals surface area contributed by atoms with Crippen molar-refractivity contribution in [2.75, 3.05) is 20.2 Å². The van der Waals surface area contributed by atoms with Gasteiger partial charge in [0.2, 0.25) is 0 Å². The fourth-order valence-electron chi connectivity index (χ4n) is 2.38. The summed E-state index contributed by atoms with van der Waals surface area (Å²) in [6.07, 6.45) is 2.41. The van der Waals surface area contributed by atoms with E-state index in [1.54, 1.807) is 12.1 Å². The van der Waals surface area contributed by atoms with E-state index in [1.165, 1.54) is 6.07 Å². The number of benzene rings is 1. The van der Waals surface area contributed by atoms with Gasteiger partial charge in [-0.15, -0.1) is 0 Å². The highest BCUT2D eigenvalue weighted by molar-refractivity contribution is 5.97. The third-order valence-electron chi connectivity index (χ3n) is 3.44. The van der Waals surface area contributed by atoms with Crippen LogP contribution in [0.3, 0.4) is 0 Å². The van der Waals surface area contributed by atoms with Crippen LogP contribution in [0.1, 0.15) is 24.0 Å². The van der Waals surface area contributed by atoms with Crippen LogP contribution in [0.25, 0.3) is 0 Å². The normalized spacial score (nSPS) is 19.8. The molecule has 20 heavy (non-hydrogen) atoms. The molecule has 6 heteroatoms. The summed E-state index contributed by atoms with van der Waals surface area (Å²) in [6.45, 7) is 2.12. The average Bonchev–Trinajstić information content (AvgIpc) is 2.93. The van der Waals surface area contributed by atoms with E-state index >= 15 is 0 Å². The van der Waals surface area contributed by atoms with Gasteiger partial charge in [0.15, 0.2) is 5.84 Å². The molecule has 2 rings (SSSR count). The molecule has 0 aliphatic carbocycles. The molecule has 0 saturated carbocycles. The van der Waals surface area contributed by atoms with Gasteiger partial charge in [0.25, 0.3) is 0 Å². The van der Waals surface area contributed by atoms with Gasteiger partial charge in [0.05, 0.1) is 6.10 Å². The zero-order valence-electron chi connectivity index (χ0n) is 11.6. The van der Waals surface area contributed by atoms with Crippen molar-refractivity contribution >= 4 is 5.84 Å². The summed E-state index contributed by atoms with van der Waals surface area (Å²) in [6, 6.07) is 4.59.